The predicted octanol–water partition coefficient (Wildman–Crippen LogP) is 1.48. The molecule has 1 saturated carbocycles. The third-order valence-electron chi connectivity index (χ3n) is 3.59. The summed E-state index contributed by atoms with van der Waals surface area (Å²) in [4.78, 5) is 9.43. The van der Waals surface area contributed by atoms with E-state index in [1.807, 2.05) is 5.38 Å². The monoisotopic (exact) mass is 253 g/mol. The molecule has 0 aromatic carbocycles. The summed E-state index contributed by atoms with van der Waals surface area (Å²) < 4.78 is 0. The summed E-state index contributed by atoms with van der Waals surface area (Å²) >= 11 is 1.65. The fourth-order valence-corrected chi connectivity index (χ4v) is 3.30. The minimum Gasteiger partial charge on any atom is -0.387 e. The Morgan fingerprint density at radius 3 is 2.59 bits per heavy atom. The van der Waals surface area contributed by atoms with Crippen molar-refractivity contribution in [1.82, 2.24) is 9.88 Å². The molecule has 2 heterocycles. The summed E-state index contributed by atoms with van der Waals surface area (Å²) in [5, 5.41) is 12.5. The van der Waals surface area contributed by atoms with E-state index < -0.39 is 6.10 Å². The van der Waals surface area contributed by atoms with Gasteiger partial charge in [0.15, 0.2) is 5.13 Å². The van der Waals surface area contributed by atoms with Crippen molar-refractivity contribution in [2.24, 2.45) is 0 Å². The van der Waals surface area contributed by atoms with Crippen molar-refractivity contribution in [2.75, 3.05) is 31.1 Å². The van der Waals surface area contributed by atoms with Gasteiger partial charge in [-0.05, 0) is 19.8 Å². The average Bonchev–Trinajstić information content (AvgIpc) is 3.06. The maximum atomic E-state index is 9.48. The van der Waals surface area contributed by atoms with Crippen LogP contribution in [0.5, 0.6) is 0 Å². The molecule has 1 aromatic rings. The molecule has 0 radical (unpaired) electrons. The lowest BCUT2D eigenvalue weighted by Gasteiger charge is -2.34. The van der Waals surface area contributed by atoms with Gasteiger partial charge in [0.1, 0.15) is 0 Å². The summed E-state index contributed by atoms with van der Waals surface area (Å²) in [7, 11) is 0. The highest BCUT2D eigenvalue weighted by Crippen LogP contribution is 2.29. The maximum Gasteiger partial charge on any atom is 0.185 e. The van der Waals surface area contributed by atoms with Gasteiger partial charge in [-0.1, -0.05) is 0 Å². The molecule has 2 fully saturated rings. The third kappa shape index (κ3) is 2.46. The number of hydrogen-bond acceptors (Lipinski definition) is 5. The number of rotatable bonds is 3. The molecular formula is C12H19N3OS. The smallest absolute Gasteiger partial charge is 0.185 e. The first-order valence-electron chi connectivity index (χ1n) is 6.36. The van der Waals surface area contributed by atoms with Gasteiger partial charge in [-0.3, -0.25) is 4.90 Å². The topological polar surface area (TPSA) is 39.6 Å². The first-order chi connectivity index (χ1) is 8.24. The molecule has 17 heavy (non-hydrogen) atoms. The second-order valence-electron chi connectivity index (χ2n) is 4.99. The zero-order chi connectivity index (χ0) is 11.8. The van der Waals surface area contributed by atoms with E-state index in [-0.39, 0.29) is 0 Å². The Hall–Kier alpha value is -0.650. The number of thiazole rings is 1. The van der Waals surface area contributed by atoms with E-state index >= 15 is 0 Å². The van der Waals surface area contributed by atoms with Crippen LogP contribution in [-0.4, -0.2) is 47.2 Å². The first kappa shape index (κ1) is 11.4. The Bertz CT molecular complexity index is 381. The highest BCUT2D eigenvalue weighted by Gasteiger charge is 2.31. The molecule has 2 aliphatic rings. The number of anilines is 1. The lowest BCUT2D eigenvalue weighted by molar-refractivity contribution is 0.195. The van der Waals surface area contributed by atoms with Gasteiger partial charge in [-0.2, -0.15) is 0 Å². The van der Waals surface area contributed by atoms with Gasteiger partial charge in [0.2, 0.25) is 0 Å². The predicted molar refractivity (Wildman–Crippen MR) is 69.6 cm³/mol. The Morgan fingerprint density at radius 1 is 1.35 bits per heavy atom. The molecule has 94 valence electrons. The Balaban J connectivity index is 1.61. The van der Waals surface area contributed by atoms with Crippen molar-refractivity contribution >= 4 is 16.5 Å². The van der Waals surface area contributed by atoms with Crippen LogP contribution >= 0.6 is 11.3 Å². The molecule has 1 unspecified atom stereocenters. The molecule has 1 aromatic heterocycles. The molecule has 0 amide bonds. The van der Waals surface area contributed by atoms with Crippen LogP contribution in [0.1, 0.15) is 31.6 Å². The number of aromatic nitrogens is 1. The van der Waals surface area contributed by atoms with Crippen molar-refractivity contribution in [3.05, 3.63) is 11.1 Å². The Morgan fingerprint density at radius 2 is 2.06 bits per heavy atom. The molecule has 1 atom stereocenters. The normalized spacial score (nSPS) is 24.0. The molecule has 5 heteroatoms. The van der Waals surface area contributed by atoms with Crippen LogP contribution in [0.25, 0.3) is 0 Å². The van der Waals surface area contributed by atoms with E-state index in [4.69, 9.17) is 0 Å². The van der Waals surface area contributed by atoms with Crippen LogP contribution in [-0.2, 0) is 0 Å². The molecule has 3 rings (SSSR count). The summed E-state index contributed by atoms with van der Waals surface area (Å²) in [5.41, 5.74) is 0.801. The third-order valence-corrected chi connectivity index (χ3v) is 4.51. The number of piperazine rings is 1. The number of nitrogens with zero attached hydrogens (tertiary/aromatic N) is 3. The van der Waals surface area contributed by atoms with E-state index in [1.54, 1.807) is 18.3 Å². The second-order valence-corrected chi connectivity index (χ2v) is 5.82. The summed E-state index contributed by atoms with van der Waals surface area (Å²) in [6.45, 7) is 6.24. The largest absolute Gasteiger partial charge is 0.387 e. The van der Waals surface area contributed by atoms with Gasteiger partial charge in [0, 0.05) is 37.6 Å². The van der Waals surface area contributed by atoms with E-state index in [0.29, 0.717) is 0 Å². The van der Waals surface area contributed by atoms with Crippen LogP contribution in [0, 0.1) is 0 Å². The van der Waals surface area contributed by atoms with Crippen molar-refractivity contribution in [3.63, 3.8) is 0 Å². The fraction of sp³-hybridized carbons (Fsp3) is 0.750. The van der Waals surface area contributed by atoms with Gasteiger partial charge in [0.25, 0.3) is 0 Å². The van der Waals surface area contributed by atoms with Crippen LogP contribution < -0.4 is 4.90 Å². The average molecular weight is 253 g/mol. The van der Waals surface area contributed by atoms with Gasteiger partial charge < -0.3 is 10.0 Å². The lowest BCUT2D eigenvalue weighted by atomic mass is 10.3. The minimum absolute atomic E-state index is 0.451. The molecule has 1 N–H and O–H groups in total. The van der Waals surface area contributed by atoms with Crippen molar-refractivity contribution in [1.29, 1.82) is 0 Å². The number of aliphatic hydroxyl groups excluding tert-OH is 1. The molecule has 1 aliphatic heterocycles. The standard InChI is InChI=1S/C12H19N3OS/c1-9(16)11-8-17-12(13-11)15-6-4-14(5-7-15)10-2-3-10/h8-10,16H,2-7H2,1H3. The Kier molecular flexibility index (Phi) is 3.06. The SMILES string of the molecule is CC(O)c1csc(N2CCN(C3CC3)CC2)n1. The lowest BCUT2D eigenvalue weighted by Crippen LogP contribution is -2.47. The minimum atomic E-state index is -0.451. The molecular weight excluding hydrogens is 234 g/mol. The molecule has 0 spiro atoms. The molecule has 4 nitrogen and oxygen atoms in total. The zero-order valence-corrected chi connectivity index (χ0v) is 11.0. The summed E-state index contributed by atoms with van der Waals surface area (Å²) in [5.74, 6) is 0. The van der Waals surface area contributed by atoms with E-state index in [9.17, 15) is 5.11 Å². The van der Waals surface area contributed by atoms with Gasteiger partial charge in [0.05, 0.1) is 11.8 Å². The number of hydrogen-bond donors (Lipinski definition) is 1. The summed E-state index contributed by atoms with van der Waals surface area (Å²) in [6, 6.07) is 0.876. The molecule has 1 aliphatic carbocycles. The van der Waals surface area contributed by atoms with Gasteiger partial charge >= 0.3 is 0 Å². The van der Waals surface area contributed by atoms with Crippen molar-refractivity contribution < 1.29 is 5.11 Å². The van der Waals surface area contributed by atoms with Crippen LogP contribution in [0.4, 0.5) is 5.13 Å². The van der Waals surface area contributed by atoms with Crippen molar-refractivity contribution in [2.45, 2.75) is 31.9 Å². The highest BCUT2D eigenvalue weighted by atomic mass is 32.1. The molecule has 1 saturated heterocycles. The highest BCUT2D eigenvalue weighted by molar-refractivity contribution is 7.13. The number of aliphatic hydroxyl groups is 1. The maximum absolute atomic E-state index is 9.48. The second kappa shape index (κ2) is 4.55. The summed E-state index contributed by atoms with van der Waals surface area (Å²) in [6.07, 6.45) is 2.33. The van der Waals surface area contributed by atoms with Crippen molar-refractivity contribution in [3.8, 4) is 0 Å². The van der Waals surface area contributed by atoms with E-state index in [2.05, 4.69) is 14.8 Å². The van der Waals surface area contributed by atoms with Crippen LogP contribution in [0.3, 0.4) is 0 Å². The Labute approximate surface area is 106 Å². The fourth-order valence-electron chi connectivity index (χ4n) is 2.33. The van der Waals surface area contributed by atoms with Crippen LogP contribution in [0.2, 0.25) is 0 Å². The van der Waals surface area contributed by atoms with E-state index in [0.717, 1.165) is 43.0 Å². The first-order valence-corrected chi connectivity index (χ1v) is 7.24. The quantitative estimate of drug-likeness (QED) is 0.886. The van der Waals surface area contributed by atoms with E-state index in [1.165, 1.54) is 12.8 Å². The zero-order valence-electron chi connectivity index (χ0n) is 10.2. The van der Waals surface area contributed by atoms with Gasteiger partial charge in [-0.15, -0.1) is 11.3 Å². The van der Waals surface area contributed by atoms with Crippen LogP contribution in [0.15, 0.2) is 5.38 Å². The van der Waals surface area contributed by atoms with Gasteiger partial charge in [-0.25, -0.2) is 4.98 Å². The molecule has 0 bridgehead atoms.